The molecular formula is C33H32N4O3. The average Bonchev–Trinajstić information content (AvgIpc) is 3.77. The summed E-state index contributed by atoms with van der Waals surface area (Å²) >= 11 is 0. The number of rotatable bonds is 5. The van der Waals surface area contributed by atoms with Crippen LogP contribution in [0.15, 0.2) is 72.9 Å². The first-order chi connectivity index (χ1) is 19.1. The van der Waals surface area contributed by atoms with E-state index in [9.17, 15) is 15.2 Å². The predicted molar refractivity (Wildman–Crippen MR) is 153 cm³/mol. The van der Waals surface area contributed by atoms with Crippen LogP contribution in [0.1, 0.15) is 57.7 Å². The summed E-state index contributed by atoms with van der Waals surface area (Å²) in [7, 11) is 0. The van der Waals surface area contributed by atoms with Gasteiger partial charge in [-0.25, -0.2) is 14.8 Å². The fraction of sp³-hybridized carbons (Fsp3) is 0.333. The fourth-order valence-corrected chi connectivity index (χ4v) is 5.96. The molecule has 0 unspecified atom stereocenters. The lowest BCUT2D eigenvalue weighted by molar-refractivity contribution is -0.118. The Morgan fingerprint density at radius 2 is 1.75 bits per heavy atom. The number of amides is 1. The van der Waals surface area contributed by atoms with Crippen LogP contribution in [0, 0.1) is 17.2 Å². The number of ether oxygens (including phenoxy) is 1. The Kier molecular flexibility index (Phi) is 6.12. The molecule has 2 fully saturated rings. The normalized spacial score (nSPS) is 22.3. The molecular weight excluding hydrogens is 500 g/mol. The van der Waals surface area contributed by atoms with Gasteiger partial charge in [0.05, 0.1) is 22.4 Å². The highest BCUT2D eigenvalue weighted by Gasteiger charge is 2.61. The highest BCUT2D eigenvalue weighted by molar-refractivity contribution is 5.93. The summed E-state index contributed by atoms with van der Waals surface area (Å²) < 4.78 is 5.58. The minimum Gasteiger partial charge on any atom is -0.444 e. The average molecular weight is 533 g/mol. The molecule has 0 atom stereocenters. The highest BCUT2D eigenvalue weighted by atomic mass is 16.6. The molecule has 0 spiro atoms. The first kappa shape index (κ1) is 26.0. The summed E-state index contributed by atoms with van der Waals surface area (Å²) in [4.78, 5) is 22.1. The molecule has 2 aliphatic rings. The van der Waals surface area contributed by atoms with Crippen LogP contribution in [0.3, 0.4) is 0 Å². The molecule has 202 valence electrons. The Morgan fingerprint density at radius 3 is 2.38 bits per heavy atom. The van der Waals surface area contributed by atoms with Gasteiger partial charge in [-0.15, -0.1) is 0 Å². The molecule has 2 N–H and O–H groups in total. The third-order valence-corrected chi connectivity index (χ3v) is 7.94. The molecule has 2 aliphatic carbocycles. The maximum Gasteiger partial charge on any atom is 0.408 e. The molecule has 7 nitrogen and oxygen atoms in total. The van der Waals surface area contributed by atoms with E-state index in [1.165, 1.54) is 0 Å². The molecule has 0 radical (unpaired) electrons. The van der Waals surface area contributed by atoms with Gasteiger partial charge < -0.3 is 15.2 Å². The van der Waals surface area contributed by atoms with Gasteiger partial charge in [0.2, 0.25) is 0 Å². The van der Waals surface area contributed by atoms with Gasteiger partial charge >= 0.3 is 6.09 Å². The van der Waals surface area contributed by atoms with Crippen molar-refractivity contribution in [1.29, 1.82) is 5.26 Å². The van der Waals surface area contributed by atoms with E-state index in [1.807, 2.05) is 87.5 Å². The van der Waals surface area contributed by atoms with Crippen molar-refractivity contribution in [1.82, 2.24) is 15.3 Å². The lowest BCUT2D eigenvalue weighted by atomic mass is 9.59. The predicted octanol–water partition coefficient (Wildman–Crippen LogP) is 6.49. The number of alkyl carbamates (subject to hydrolysis) is 1. The van der Waals surface area contributed by atoms with Gasteiger partial charge in [-0.2, -0.15) is 5.26 Å². The third-order valence-electron chi connectivity index (χ3n) is 7.94. The van der Waals surface area contributed by atoms with Crippen molar-refractivity contribution < 1.29 is 14.6 Å². The van der Waals surface area contributed by atoms with Gasteiger partial charge in [0.25, 0.3) is 0 Å². The number of benzene rings is 2. The van der Waals surface area contributed by atoms with Gasteiger partial charge in [0, 0.05) is 35.6 Å². The minimum absolute atomic E-state index is 0.295. The van der Waals surface area contributed by atoms with E-state index in [1.54, 1.807) is 6.20 Å². The van der Waals surface area contributed by atoms with Gasteiger partial charge in [-0.3, -0.25) is 0 Å². The van der Waals surface area contributed by atoms with Gasteiger partial charge in [0.15, 0.2) is 0 Å². The maximum atomic E-state index is 12.9. The van der Waals surface area contributed by atoms with Crippen molar-refractivity contribution in [2.45, 2.75) is 63.2 Å². The number of nitrogens with one attached hydrogen (secondary N) is 1. The van der Waals surface area contributed by atoms with Crippen LogP contribution in [0.25, 0.3) is 33.3 Å². The first-order valence-corrected chi connectivity index (χ1v) is 13.7. The molecule has 0 saturated heterocycles. The molecule has 4 aromatic rings. The van der Waals surface area contributed by atoms with E-state index in [-0.39, 0.29) is 0 Å². The standard InChI is InChI=1S/C33H32N4O3/c1-31(2,3)40-30(38)37-32(19-33(39,20-32)24-13-14-24)23-11-9-22(10-12-23)29-25(21-7-5-4-6-8-21)17-26-27(36-29)15-16-35-28(26)18-34/h4-12,15-17,24,39H,13-14,19-20H2,1-3H3,(H,37,38)/t32-,33-. The zero-order valence-electron chi connectivity index (χ0n) is 22.9. The van der Waals surface area contributed by atoms with Crippen molar-refractivity contribution in [3.8, 4) is 28.5 Å². The summed E-state index contributed by atoms with van der Waals surface area (Å²) in [5.74, 6) is 0.295. The first-order valence-electron chi connectivity index (χ1n) is 13.7. The zero-order chi connectivity index (χ0) is 28.1. The molecule has 1 amide bonds. The van der Waals surface area contributed by atoms with Crippen LogP contribution in [0.2, 0.25) is 0 Å². The number of carbonyl (C=O) groups excluding carboxylic acids is 1. The number of carbonyl (C=O) groups is 1. The van der Waals surface area contributed by atoms with Gasteiger partial charge in [-0.1, -0.05) is 54.6 Å². The number of aromatic nitrogens is 2. The summed E-state index contributed by atoms with van der Waals surface area (Å²) in [6, 6.07) is 24.0. The Bertz CT molecular complexity index is 1630. The second-order valence-electron chi connectivity index (χ2n) is 12.1. The van der Waals surface area contributed by atoms with E-state index in [0.29, 0.717) is 35.4 Å². The van der Waals surface area contributed by atoms with Crippen LogP contribution in [-0.4, -0.2) is 32.4 Å². The van der Waals surface area contributed by atoms with E-state index < -0.39 is 22.8 Å². The molecule has 2 saturated carbocycles. The molecule has 7 heteroatoms. The monoisotopic (exact) mass is 532 g/mol. The van der Waals surface area contributed by atoms with Crippen molar-refractivity contribution in [3.63, 3.8) is 0 Å². The van der Waals surface area contributed by atoms with E-state index in [2.05, 4.69) is 16.4 Å². The Hall–Kier alpha value is -4.28. The topological polar surface area (TPSA) is 108 Å². The maximum absolute atomic E-state index is 12.9. The summed E-state index contributed by atoms with van der Waals surface area (Å²) in [5, 5.41) is 24.6. The number of nitrogens with zero attached hydrogens (tertiary/aromatic N) is 3. The molecule has 2 aromatic heterocycles. The molecule has 0 bridgehead atoms. The van der Waals surface area contributed by atoms with Crippen LogP contribution >= 0.6 is 0 Å². The Labute approximate surface area is 233 Å². The molecule has 2 aromatic carbocycles. The Balaban J connectivity index is 1.40. The number of pyridine rings is 2. The van der Waals surface area contributed by atoms with Crippen LogP contribution in [0.4, 0.5) is 4.79 Å². The zero-order valence-corrected chi connectivity index (χ0v) is 22.9. The van der Waals surface area contributed by atoms with Crippen LogP contribution < -0.4 is 5.32 Å². The summed E-state index contributed by atoms with van der Waals surface area (Å²) in [5.41, 5.74) is 3.45. The number of nitriles is 1. The van der Waals surface area contributed by atoms with Crippen molar-refractivity contribution in [3.05, 3.63) is 84.2 Å². The van der Waals surface area contributed by atoms with Crippen molar-refractivity contribution in [2.24, 2.45) is 5.92 Å². The Morgan fingerprint density at radius 1 is 1.05 bits per heavy atom. The van der Waals surface area contributed by atoms with E-state index in [0.717, 1.165) is 40.8 Å². The van der Waals surface area contributed by atoms with Gasteiger partial charge in [0.1, 0.15) is 17.4 Å². The molecule has 2 heterocycles. The summed E-state index contributed by atoms with van der Waals surface area (Å²) in [6.07, 6.45) is 4.08. The fourth-order valence-electron chi connectivity index (χ4n) is 5.96. The molecule has 0 aliphatic heterocycles. The second kappa shape index (κ2) is 9.42. The number of aliphatic hydroxyl groups is 1. The summed E-state index contributed by atoms with van der Waals surface area (Å²) in [6.45, 7) is 5.52. The third kappa shape index (κ3) is 4.80. The van der Waals surface area contributed by atoms with Crippen LogP contribution in [-0.2, 0) is 10.3 Å². The lowest BCUT2D eigenvalue weighted by Gasteiger charge is -2.54. The molecule has 6 rings (SSSR count). The van der Waals surface area contributed by atoms with Crippen LogP contribution in [0.5, 0.6) is 0 Å². The highest BCUT2D eigenvalue weighted by Crippen LogP contribution is 2.58. The van der Waals surface area contributed by atoms with Gasteiger partial charge in [-0.05, 0) is 62.8 Å². The smallest absolute Gasteiger partial charge is 0.408 e. The SMILES string of the molecule is CC(C)(C)OC(=O)N[C@]1(c2ccc(-c3nc4ccnc(C#N)c4cc3-c3ccccc3)cc2)C[C@](O)(C2CC2)C1. The largest absolute Gasteiger partial charge is 0.444 e. The van der Waals surface area contributed by atoms with Crippen molar-refractivity contribution in [2.75, 3.05) is 0 Å². The van der Waals surface area contributed by atoms with E-state index in [4.69, 9.17) is 9.72 Å². The minimum atomic E-state index is -0.763. The lowest BCUT2D eigenvalue weighted by Crippen LogP contribution is -2.64. The van der Waals surface area contributed by atoms with Crippen molar-refractivity contribution >= 4 is 17.0 Å². The quantitative estimate of drug-likeness (QED) is 0.304. The number of hydrogen-bond acceptors (Lipinski definition) is 6. The number of hydrogen-bond donors (Lipinski definition) is 2. The second-order valence-corrected chi connectivity index (χ2v) is 12.1. The van der Waals surface area contributed by atoms with E-state index >= 15 is 0 Å². The number of fused-ring (bicyclic) bond motifs is 1. The molecule has 40 heavy (non-hydrogen) atoms.